The predicted octanol–water partition coefficient (Wildman–Crippen LogP) is 7.05. The average Bonchev–Trinajstić information content (AvgIpc) is 2.47. The average molecular weight is 262 g/mol. The van der Waals surface area contributed by atoms with E-state index in [2.05, 4.69) is 32.7 Å². The highest BCUT2D eigenvalue weighted by molar-refractivity contribution is 5.18. The van der Waals surface area contributed by atoms with Crippen LogP contribution in [0, 0.1) is 0 Å². The summed E-state index contributed by atoms with van der Waals surface area (Å²) in [6, 6.07) is 0. The predicted molar refractivity (Wildman–Crippen MR) is 95.6 cm³/mol. The molecule has 0 bridgehead atoms. The molecule has 110 valence electrons. The summed E-state index contributed by atoms with van der Waals surface area (Å²) in [4.78, 5) is 0. The normalized spacial score (nSPS) is 9.32. The molecule has 0 saturated carbocycles. The minimum atomic E-state index is 1.06. The van der Waals surface area contributed by atoms with E-state index in [1.54, 1.807) is 12.2 Å². The van der Waals surface area contributed by atoms with Crippen molar-refractivity contribution in [1.82, 2.24) is 0 Å². The Balaban J connectivity index is -0.0000000941. The van der Waals surface area contributed by atoms with E-state index < -0.39 is 0 Å². The third kappa shape index (κ3) is 48.1. The van der Waals surface area contributed by atoms with Crippen LogP contribution in [-0.2, 0) is 0 Å². The molecule has 0 nitrogen and oxygen atoms in total. The van der Waals surface area contributed by atoms with Gasteiger partial charge < -0.3 is 0 Å². The third-order valence-corrected chi connectivity index (χ3v) is 1.47. The lowest BCUT2D eigenvalue weighted by Gasteiger charge is -1.82. The van der Waals surface area contributed by atoms with Crippen LogP contribution >= 0.6 is 0 Å². The van der Waals surface area contributed by atoms with Crippen molar-refractivity contribution in [2.24, 2.45) is 0 Å². The van der Waals surface area contributed by atoms with E-state index in [0.29, 0.717) is 0 Å². The first-order chi connectivity index (χ1) is 9.08. The molecule has 0 unspecified atom stereocenters. The summed E-state index contributed by atoms with van der Waals surface area (Å²) in [5.41, 5.74) is 2.32. The van der Waals surface area contributed by atoms with Crippen molar-refractivity contribution in [1.29, 1.82) is 0 Å². The van der Waals surface area contributed by atoms with E-state index in [-0.39, 0.29) is 0 Å². The molecular weight excluding hydrogens is 228 g/mol. The summed E-state index contributed by atoms with van der Waals surface area (Å²) in [6.45, 7) is 24.7. The lowest BCUT2D eigenvalue weighted by molar-refractivity contribution is 1.48. The molecule has 0 spiro atoms. The van der Waals surface area contributed by atoms with Crippen LogP contribution in [0.5, 0.6) is 0 Å². The molecular formula is C19H34. The summed E-state index contributed by atoms with van der Waals surface area (Å²) < 4.78 is 0. The third-order valence-electron chi connectivity index (χ3n) is 1.47. The van der Waals surface area contributed by atoms with Gasteiger partial charge in [-0.15, -0.1) is 0 Å². The lowest BCUT2D eigenvalue weighted by Crippen LogP contribution is -1.60. The molecule has 0 aliphatic rings. The first-order valence-electron chi connectivity index (χ1n) is 6.95. The van der Waals surface area contributed by atoms with Crippen molar-refractivity contribution in [2.75, 3.05) is 0 Å². The maximum absolute atomic E-state index is 3.66. The van der Waals surface area contributed by atoms with Crippen LogP contribution in [0.1, 0.15) is 48.5 Å². The Labute approximate surface area is 122 Å². The summed E-state index contributed by atoms with van der Waals surface area (Å²) in [6.07, 6.45) is 13.3. The van der Waals surface area contributed by atoms with Gasteiger partial charge in [-0.25, -0.2) is 0 Å². The Morgan fingerprint density at radius 2 is 1.16 bits per heavy atom. The van der Waals surface area contributed by atoms with Crippen LogP contribution in [0.3, 0.4) is 0 Å². The summed E-state index contributed by atoms with van der Waals surface area (Å²) >= 11 is 0. The molecule has 0 heterocycles. The maximum atomic E-state index is 3.66. The lowest BCUT2D eigenvalue weighted by atomic mass is 10.3. The SMILES string of the molecule is C=C/C=C\C(=C)C.C=C/C=C\C(C)=C/C.CC.CC. The molecule has 0 aromatic carbocycles. The summed E-state index contributed by atoms with van der Waals surface area (Å²) in [5, 5.41) is 0. The minimum Gasteiger partial charge on any atom is -0.0991 e. The van der Waals surface area contributed by atoms with Gasteiger partial charge >= 0.3 is 0 Å². The van der Waals surface area contributed by atoms with E-state index in [4.69, 9.17) is 0 Å². The molecule has 0 heteroatoms. The maximum Gasteiger partial charge on any atom is -0.0401 e. The Morgan fingerprint density at radius 1 is 0.789 bits per heavy atom. The Kier molecular flexibility index (Phi) is 41.1. The van der Waals surface area contributed by atoms with Gasteiger partial charge in [0.05, 0.1) is 0 Å². The monoisotopic (exact) mass is 262 g/mol. The van der Waals surface area contributed by atoms with Crippen LogP contribution in [0.15, 0.2) is 73.4 Å². The van der Waals surface area contributed by atoms with E-state index in [1.807, 2.05) is 65.8 Å². The Hall–Kier alpha value is -1.56. The van der Waals surface area contributed by atoms with Gasteiger partial charge in [-0.2, -0.15) is 0 Å². The summed E-state index contributed by atoms with van der Waals surface area (Å²) in [7, 11) is 0. The highest BCUT2D eigenvalue weighted by Crippen LogP contribution is 1.92. The van der Waals surface area contributed by atoms with Gasteiger partial charge in [-0.05, 0) is 20.8 Å². The second-order valence-corrected chi connectivity index (χ2v) is 3.07. The first-order valence-corrected chi connectivity index (χ1v) is 6.95. The van der Waals surface area contributed by atoms with Gasteiger partial charge in [0.1, 0.15) is 0 Å². The highest BCUT2D eigenvalue weighted by Gasteiger charge is 1.70. The smallest absolute Gasteiger partial charge is 0.0401 e. The van der Waals surface area contributed by atoms with E-state index in [9.17, 15) is 0 Å². The zero-order chi connectivity index (χ0) is 16.1. The topological polar surface area (TPSA) is 0 Å². The molecule has 0 amide bonds. The van der Waals surface area contributed by atoms with E-state index in [0.717, 1.165) is 5.57 Å². The number of hydrogen-bond donors (Lipinski definition) is 0. The molecule has 0 radical (unpaired) electrons. The van der Waals surface area contributed by atoms with Crippen molar-refractivity contribution in [3.05, 3.63) is 73.4 Å². The van der Waals surface area contributed by atoms with Gasteiger partial charge in [0.15, 0.2) is 0 Å². The van der Waals surface area contributed by atoms with Crippen molar-refractivity contribution in [3.8, 4) is 0 Å². The van der Waals surface area contributed by atoms with Gasteiger partial charge in [0, 0.05) is 0 Å². The van der Waals surface area contributed by atoms with Gasteiger partial charge in [0.25, 0.3) is 0 Å². The highest BCUT2D eigenvalue weighted by atomic mass is 13.8. The molecule has 0 rings (SSSR count). The Morgan fingerprint density at radius 3 is 1.37 bits per heavy atom. The number of allylic oxidation sites excluding steroid dienone is 9. The van der Waals surface area contributed by atoms with E-state index in [1.165, 1.54) is 5.57 Å². The van der Waals surface area contributed by atoms with Crippen LogP contribution in [0.4, 0.5) is 0 Å². The minimum absolute atomic E-state index is 1.06. The molecule has 0 atom stereocenters. The molecule has 0 aromatic rings. The van der Waals surface area contributed by atoms with Crippen molar-refractivity contribution in [2.45, 2.75) is 48.5 Å². The fraction of sp³-hybridized carbons (Fsp3) is 0.368. The standard InChI is InChI=1S/C8H12.C7H10.2C2H6/c1-4-6-7-8(3)5-2;1-4-5-6-7(2)3;2*1-2/h4-7H,1H2,2-3H3;4-6H,1-2H2,3H3;2*1-2H3/b7-6-,8-5-;6-5-;;. The molecule has 0 aliphatic heterocycles. The van der Waals surface area contributed by atoms with Crippen LogP contribution < -0.4 is 0 Å². The van der Waals surface area contributed by atoms with Crippen LogP contribution in [-0.4, -0.2) is 0 Å². The molecule has 0 saturated heterocycles. The zero-order valence-corrected chi connectivity index (χ0v) is 14.2. The second kappa shape index (κ2) is 29.9. The van der Waals surface area contributed by atoms with Gasteiger partial charge in [0.2, 0.25) is 0 Å². The van der Waals surface area contributed by atoms with Gasteiger partial charge in [-0.3, -0.25) is 0 Å². The summed E-state index contributed by atoms with van der Waals surface area (Å²) in [5.74, 6) is 0. The fourth-order valence-corrected chi connectivity index (χ4v) is 0.548. The van der Waals surface area contributed by atoms with Gasteiger partial charge in [-0.1, -0.05) is 101 Å². The quantitative estimate of drug-likeness (QED) is 0.476. The molecule has 19 heavy (non-hydrogen) atoms. The number of rotatable bonds is 4. The fourth-order valence-electron chi connectivity index (χ4n) is 0.548. The zero-order valence-electron chi connectivity index (χ0n) is 14.2. The second-order valence-electron chi connectivity index (χ2n) is 3.07. The largest absolute Gasteiger partial charge is 0.0991 e. The molecule has 0 N–H and O–H groups in total. The Bertz CT molecular complexity index is 272. The molecule has 0 fully saturated rings. The van der Waals surface area contributed by atoms with Crippen molar-refractivity contribution < 1.29 is 0 Å². The van der Waals surface area contributed by atoms with Crippen molar-refractivity contribution >= 4 is 0 Å². The molecule has 0 aromatic heterocycles. The van der Waals surface area contributed by atoms with E-state index >= 15 is 0 Å². The molecule has 0 aliphatic carbocycles. The van der Waals surface area contributed by atoms with Crippen molar-refractivity contribution in [3.63, 3.8) is 0 Å². The first kappa shape index (κ1) is 26.1. The van der Waals surface area contributed by atoms with Crippen LogP contribution in [0.25, 0.3) is 0 Å². The van der Waals surface area contributed by atoms with Crippen LogP contribution in [0.2, 0.25) is 0 Å². The number of hydrogen-bond acceptors (Lipinski definition) is 0.